The Labute approximate surface area is 271 Å². The van der Waals surface area contributed by atoms with Crippen LogP contribution in [0.4, 0.5) is 23.2 Å². The molecule has 1 aliphatic rings. The highest BCUT2D eigenvalue weighted by Crippen LogP contribution is 2.29. The van der Waals surface area contributed by atoms with E-state index in [4.69, 9.17) is 9.47 Å². The topological polar surface area (TPSA) is 110 Å². The Hall–Kier alpha value is -4.35. The Balaban J connectivity index is 1.58. The number of anilines is 1. The third-order valence-corrected chi connectivity index (χ3v) is 8.14. The number of halogens is 4. The van der Waals surface area contributed by atoms with Gasteiger partial charge < -0.3 is 34.9 Å². The highest BCUT2D eigenvalue weighted by atomic mass is 19.4. The summed E-state index contributed by atoms with van der Waals surface area (Å²) in [7, 11) is 4.41. The number of fused-ring (bicyclic) bond motifs is 1. The summed E-state index contributed by atoms with van der Waals surface area (Å²) in [5.74, 6) is 4.20. The van der Waals surface area contributed by atoms with E-state index in [0.717, 1.165) is 36.6 Å². The zero-order valence-corrected chi connectivity index (χ0v) is 27.3. The largest absolute Gasteiger partial charge is 0.494 e. The van der Waals surface area contributed by atoms with Gasteiger partial charge in [0.25, 0.3) is 11.8 Å². The number of likely N-dealkylation sites (tertiary alicyclic amines) is 1. The minimum Gasteiger partial charge on any atom is -0.494 e. The number of imidazole rings is 1. The Morgan fingerprint density at radius 3 is 2.47 bits per heavy atom. The quantitative estimate of drug-likeness (QED) is 0.218. The van der Waals surface area contributed by atoms with E-state index in [1.807, 2.05) is 20.8 Å². The summed E-state index contributed by atoms with van der Waals surface area (Å²) in [4.78, 5) is 32.2. The summed E-state index contributed by atoms with van der Waals surface area (Å²) in [6, 6.07) is 5.19. The molecule has 0 saturated carbocycles. The molecule has 10 nitrogen and oxygen atoms in total. The van der Waals surface area contributed by atoms with Gasteiger partial charge in [0, 0.05) is 51.5 Å². The minimum absolute atomic E-state index is 0.00647. The van der Waals surface area contributed by atoms with Crippen LogP contribution in [-0.4, -0.2) is 91.5 Å². The maximum Gasteiger partial charge on any atom is 0.406 e. The normalized spacial score (nSPS) is 17.1. The van der Waals surface area contributed by atoms with E-state index < -0.39 is 30.4 Å². The smallest absolute Gasteiger partial charge is 0.406 e. The van der Waals surface area contributed by atoms with Gasteiger partial charge in [-0.25, -0.2) is 9.37 Å². The van der Waals surface area contributed by atoms with E-state index in [2.05, 4.69) is 37.7 Å². The Morgan fingerprint density at radius 2 is 1.83 bits per heavy atom. The maximum absolute atomic E-state index is 14.3. The van der Waals surface area contributed by atoms with Gasteiger partial charge >= 0.3 is 6.18 Å². The van der Waals surface area contributed by atoms with Gasteiger partial charge in [-0.05, 0) is 44.4 Å². The van der Waals surface area contributed by atoms with Crippen molar-refractivity contribution in [1.82, 2.24) is 25.1 Å². The first-order chi connectivity index (χ1) is 22.1. The van der Waals surface area contributed by atoms with Gasteiger partial charge in [-0.15, -0.1) is 0 Å². The van der Waals surface area contributed by atoms with E-state index in [0.29, 0.717) is 17.7 Å². The van der Waals surface area contributed by atoms with Gasteiger partial charge in [0.1, 0.15) is 23.6 Å². The molecule has 0 radical (unpaired) electrons. The molecule has 14 heteroatoms. The molecule has 0 bridgehead atoms. The van der Waals surface area contributed by atoms with Gasteiger partial charge in [0.05, 0.1) is 47.9 Å². The van der Waals surface area contributed by atoms with Gasteiger partial charge in [0.2, 0.25) is 0 Å². The SMILES string of the molecule is CNC(=O)c1cc(NCC#Cc2cc(C(=O)N[C@H]3CCN(CC(C)(C)OC)C[C@@H]3C)c3ncn(CC(F)(F)F)c3c2)c(OC)cc1F. The van der Waals surface area contributed by atoms with Crippen LogP contribution in [0.5, 0.6) is 5.75 Å². The van der Waals surface area contributed by atoms with Crippen molar-refractivity contribution in [3.05, 3.63) is 53.1 Å². The molecular weight excluding hydrogens is 620 g/mol. The van der Waals surface area contributed by atoms with Crippen molar-refractivity contribution in [2.24, 2.45) is 5.92 Å². The molecular formula is C33H40F4N6O4. The second-order valence-electron chi connectivity index (χ2n) is 12.2. The van der Waals surface area contributed by atoms with E-state index in [1.54, 1.807) is 7.11 Å². The van der Waals surface area contributed by atoms with Crippen molar-refractivity contribution in [3.63, 3.8) is 0 Å². The number of rotatable bonds is 10. The van der Waals surface area contributed by atoms with E-state index in [-0.39, 0.29) is 52.0 Å². The molecule has 2 heterocycles. The van der Waals surface area contributed by atoms with Gasteiger partial charge in [-0.3, -0.25) is 9.59 Å². The molecule has 2 aromatic carbocycles. The fourth-order valence-electron chi connectivity index (χ4n) is 5.62. The van der Waals surface area contributed by atoms with Gasteiger partial charge in [-0.1, -0.05) is 18.8 Å². The summed E-state index contributed by atoms with van der Waals surface area (Å²) in [6.45, 7) is 7.04. The number of aromatic nitrogens is 2. The zero-order chi connectivity index (χ0) is 34.5. The molecule has 2 amide bonds. The molecule has 2 atom stereocenters. The predicted molar refractivity (Wildman–Crippen MR) is 170 cm³/mol. The molecule has 3 aromatic rings. The van der Waals surface area contributed by atoms with Crippen LogP contribution in [0.1, 0.15) is 53.5 Å². The highest BCUT2D eigenvalue weighted by Gasteiger charge is 2.32. The number of nitrogens with one attached hydrogen (secondary N) is 3. The lowest BCUT2D eigenvalue weighted by Crippen LogP contribution is -2.52. The van der Waals surface area contributed by atoms with Crippen LogP contribution < -0.4 is 20.7 Å². The number of hydrogen-bond acceptors (Lipinski definition) is 7. The van der Waals surface area contributed by atoms with Crippen molar-refractivity contribution in [3.8, 4) is 17.6 Å². The first kappa shape index (κ1) is 35.5. The zero-order valence-electron chi connectivity index (χ0n) is 27.3. The molecule has 0 unspecified atom stereocenters. The van der Waals surface area contributed by atoms with Crippen LogP contribution >= 0.6 is 0 Å². The highest BCUT2D eigenvalue weighted by molar-refractivity contribution is 6.05. The van der Waals surface area contributed by atoms with Gasteiger partial charge in [-0.2, -0.15) is 13.2 Å². The van der Waals surface area contributed by atoms with Crippen LogP contribution in [0.2, 0.25) is 0 Å². The molecule has 0 aliphatic carbocycles. The molecule has 47 heavy (non-hydrogen) atoms. The number of amides is 2. The standard InChI is InChI=1S/C33H40F4N6O4/c1-20-16-42(17-32(2,3)47-6)11-9-25(20)41-31(45)23-12-21(13-27-29(23)40-19-43(27)18-33(35,36)37)8-7-10-39-26-14-22(30(44)38-4)24(34)15-28(26)46-5/h12-15,19-20,25,39H,9-11,16-18H2,1-6H3,(H,38,44)(H,41,45)/t20-,25-/m0/s1. The second kappa shape index (κ2) is 14.6. The van der Waals surface area contributed by atoms with Crippen molar-refractivity contribution in [1.29, 1.82) is 0 Å². The lowest BCUT2D eigenvalue weighted by atomic mass is 9.92. The monoisotopic (exact) mass is 660 g/mol. The van der Waals surface area contributed by atoms with Crippen LogP contribution in [0.15, 0.2) is 30.6 Å². The Morgan fingerprint density at radius 1 is 1.09 bits per heavy atom. The molecule has 1 aliphatic heterocycles. The lowest BCUT2D eigenvalue weighted by Gasteiger charge is -2.40. The molecule has 4 rings (SSSR count). The predicted octanol–water partition coefficient (Wildman–Crippen LogP) is 4.43. The van der Waals surface area contributed by atoms with Crippen molar-refractivity contribution >= 4 is 28.5 Å². The molecule has 254 valence electrons. The third kappa shape index (κ3) is 8.93. The number of carbonyl (C=O) groups excluding carboxylic acids is 2. The average Bonchev–Trinajstić information content (AvgIpc) is 3.40. The number of alkyl halides is 3. The average molecular weight is 661 g/mol. The van der Waals surface area contributed by atoms with Crippen molar-refractivity contribution in [2.75, 3.05) is 52.8 Å². The fourth-order valence-corrected chi connectivity index (χ4v) is 5.62. The van der Waals surface area contributed by atoms with Crippen LogP contribution in [0.25, 0.3) is 11.0 Å². The first-order valence-electron chi connectivity index (χ1n) is 15.1. The number of piperidine rings is 1. The number of ether oxygens (including phenoxy) is 2. The Bertz CT molecular complexity index is 1680. The minimum atomic E-state index is -4.51. The van der Waals surface area contributed by atoms with Crippen molar-refractivity contribution in [2.45, 2.75) is 51.6 Å². The summed E-state index contributed by atoms with van der Waals surface area (Å²) >= 11 is 0. The summed E-state index contributed by atoms with van der Waals surface area (Å²) < 4.78 is 66.2. The first-order valence-corrected chi connectivity index (χ1v) is 15.1. The number of methoxy groups -OCH3 is 2. The number of benzene rings is 2. The van der Waals surface area contributed by atoms with E-state index in [9.17, 15) is 27.2 Å². The number of nitrogens with zero attached hydrogens (tertiary/aromatic N) is 3. The number of carbonyl (C=O) groups is 2. The second-order valence-corrected chi connectivity index (χ2v) is 12.2. The lowest BCUT2D eigenvalue weighted by molar-refractivity contribution is -0.140. The summed E-state index contributed by atoms with van der Waals surface area (Å²) in [6.07, 6.45) is -2.75. The summed E-state index contributed by atoms with van der Waals surface area (Å²) in [5, 5.41) is 8.42. The van der Waals surface area contributed by atoms with Crippen LogP contribution in [0.3, 0.4) is 0 Å². The van der Waals surface area contributed by atoms with Gasteiger partial charge in [0.15, 0.2) is 0 Å². The van der Waals surface area contributed by atoms with Crippen LogP contribution in [-0.2, 0) is 11.3 Å². The maximum atomic E-state index is 14.3. The molecule has 0 spiro atoms. The van der Waals surface area contributed by atoms with E-state index in [1.165, 1.54) is 32.4 Å². The van der Waals surface area contributed by atoms with Crippen LogP contribution in [0, 0.1) is 23.6 Å². The Kier molecular flexibility index (Phi) is 11.0. The fraction of sp³-hybridized carbons (Fsp3) is 0.485. The molecule has 1 saturated heterocycles. The molecule has 1 fully saturated rings. The third-order valence-electron chi connectivity index (χ3n) is 8.14. The molecule has 1 aromatic heterocycles. The van der Waals surface area contributed by atoms with E-state index >= 15 is 0 Å². The number of hydrogen-bond donors (Lipinski definition) is 3. The molecule has 3 N–H and O–H groups in total. The summed E-state index contributed by atoms with van der Waals surface area (Å²) in [5.41, 5.74) is 0.481. The van der Waals surface area contributed by atoms with Crippen molar-refractivity contribution < 1.29 is 36.6 Å².